The summed E-state index contributed by atoms with van der Waals surface area (Å²) in [7, 11) is 5.45. The lowest BCUT2D eigenvalue weighted by molar-refractivity contribution is 0.0826. The van der Waals surface area contributed by atoms with Gasteiger partial charge in [-0.05, 0) is 45.2 Å². The Morgan fingerprint density at radius 1 is 1.09 bits per heavy atom. The third-order valence-electron chi connectivity index (χ3n) is 6.15. The van der Waals surface area contributed by atoms with Crippen molar-refractivity contribution >= 4 is 5.91 Å². The first-order chi connectivity index (χ1) is 15.4. The molecule has 0 bridgehead atoms. The number of rotatable bonds is 6. The fourth-order valence-electron chi connectivity index (χ4n) is 4.27. The smallest absolute Gasteiger partial charge is 0.256 e. The van der Waals surface area contributed by atoms with Crippen LogP contribution in [0, 0.1) is 12.8 Å². The van der Waals surface area contributed by atoms with Crippen LogP contribution in [0.2, 0.25) is 0 Å². The van der Waals surface area contributed by atoms with Crippen LogP contribution in [0.15, 0.2) is 42.9 Å². The summed E-state index contributed by atoms with van der Waals surface area (Å²) in [6, 6.07) is 8.30. The van der Waals surface area contributed by atoms with Gasteiger partial charge >= 0.3 is 0 Å². The topological polar surface area (TPSA) is 67.2 Å². The molecule has 1 saturated heterocycles. The molecule has 7 nitrogen and oxygen atoms in total. The summed E-state index contributed by atoms with van der Waals surface area (Å²) in [4.78, 5) is 25.7. The molecule has 0 aliphatic carbocycles. The SMILES string of the molecule is Cc1ccc(-c2ncc(CN3CCC(Cc4nn(C)cc4C(=O)N(C)C)CC3)cn2)cc1. The molecule has 1 aliphatic heterocycles. The second-order valence-electron chi connectivity index (χ2n) is 9.07. The van der Waals surface area contributed by atoms with Gasteiger partial charge in [-0.25, -0.2) is 9.97 Å². The molecular formula is C25H32N6O. The van der Waals surface area contributed by atoms with E-state index in [1.54, 1.807) is 23.7 Å². The fourth-order valence-corrected chi connectivity index (χ4v) is 4.27. The minimum atomic E-state index is 0.0274. The molecule has 3 aromatic rings. The molecule has 1 fully saturated rings. The van der Waals surface area contributed by atoms with E-state index >= 15 is 0 Å². The molecule has 0 radical (unpaired) electrons. The minimum absolute atomic E-state index is 0.0274. The van der Waals surface area contributed by atoms with Crippen LogP contribution in [0.25, 0.3) is 11.4 Å². The summed E-state index contributed by atoms with van der Waals surface area (Å²) < 4.78 is 1.75. The Hall–Kier alpha value is -3.06. The predicted molar refractivity (Wildman–Crippen MR) is 125 cm³/mol. The Labute approximate surface area is 190 Å². The molecule has 1 amide bonds. The Morgan fingerprint density at radius 3 is 2.38 bits per heavy atom. The van der Waals surface area contributed by atoms with E-state index in [4.69, 9.17) is 0 Å². The Morgan fingerprint density at radius 2 is 1.75 bits per heavy atom. The Bertz CT molecular complexity index is 1050. The van der Waals surface area contributed by atoms with E-state index in [2.05, 4.69) is 51.2 Å². The molecule has 0 saturated carbocycles. The maximum Gasteiger partial charge on any atom is 0.256 e. The molecule has 0 atom stereocenters. The van der Waals surface area contributed by atoms with E-state index in [9.17, 15) is 4.79 Å². The lowest BCUT2D eigenvalue weighted by atomic mass is 9.91. The molecule has 0 N–H and O–H groups in total. The van der Waals surface area contributed by atoms with Gasteiger partial charge in [-0.2, -0.15) is 5.10 Å². The molecule has 0 spiro atoms. The first kappa shape index (κ1) is 22.1. The highest BCUT2D eigenvalue weighted by Gasteiger charge is 2.24. The van der Waals surface area contributed by atoms with Crippen LogP contribution in [0.5, 0.6) is 0 Å². The predicted octanol–water partition coefficient (Wildman–Crippen LogP) is 3.34. The highest BCUT2D eigenvalue weighted by molar-refractivity contribution is 5.94. The van der Waals surface area contributed by atoms with Crippen LogP contribution in [0.4, 0.5) is 0 Å². The number of benzene rings is 1. The molecule has 7 heteroatoms. The van der Waals surface area contributed by atoms with Crippen LogP contribution in [0.3, 0.4) is 0 Å². The van der Waals surface area contributed by atoms with Gasteiger partial charge in [-0.15, -0.1) is 0 Å². The number of hydrogen-bond acceptors (Lipinski definition) is 5. The van der Waals surface area contributed by atoms with Crippen molar-refractivity contribution in [2.24, 2.45) is 13.0 Å². The number of likely N-dealkylation sites (tertiary alicyclic amines) is 1. The lowest BCUT2D eigenvalue weighted by Gasteiger charge is -2.31. The summed E-state index contributed by atoms with van der Waals surface area (Å²) in [5, 5.41) is 4.57. The summed E-state index contributed by atoms with van der Waals surface area (Å²) in [6.45, 7) is 5.02. The van der Waals surface area contributed by atoms with Crippen LogP contribution in [-0.4, -0.2) is 62.6 Å². The van der Waals surface area contributed by atoms with Gasteiger partial charge < -0.3 is 4.90 Å². The Kier molecular flexibility index (Phi) is 6.65. The molecular weight excluding hydrogens is 400 g/mol. The third kappa shape index (κ3) is 5.22. The van der Waals surface area contributed by atoms with Crippen LogP contribution < -0.4 is 0 Å². The lowest BCUT2D eigenvalue weighted by Crippen LogP contribution is -2.34. The average molecular weight is 433 g/mol. The quantitative estimate of drug-likeness (QED) is 0.598. The number of carbonyl (C=O) groups is 1. The number of amides is 1. The van der Waals surface area contributed by atoms with Gasteiger partial charge in [0, 0.05) is 57.4 Å². The van der Waals surface area contributed by atoms with Gasteiger partial charge in [0.1, 0.15) is 0 Å². The van der Waals surface area contributed by atoms with Crippen molar-refractivity contribution in [1.29, 1.82) is 0 Å². The van der Waals surface area contributed by atoms with Crippen molar-refractivity contribution in [2.45, 2.75) is 32.7 Å². The highest BCUT2D eigenvalue weighted by Crippen LogP contribution is 2.24. The van der Waals surface area contributed by atoms with E-state index in [0.29, 0.717) is 5.92 Å². The van der Waals surface area contributed by atoms with Gasteiger partial charge in [-0.1, -0.05) is 29.8 Å². The van der Waals surface area contributed by atoms with E-state index in [0.717, 1.165) is 67.1 Å². The number of piperidine rings is 1. The monoisotopic (exact) mass is 432 g/mol. The number of nitrogens with zero attached hydrogens (tertiary/aromatic N) is 6. The van der Waals surface area contributed by atoms with Crippen molar-refractivity contribution in [3.05, 3.63) is 65.2 Å². The van der Waals surface area contributed by atoms with Gasteiger partial charge in [-0.3, -0.25) is 14.4 Å². The van der Waals surface area contributed by atoms with E-state index in [1.165, 1.54) is 5.56 Å². The minimum Gasteiger partial charge on any atom is -0.345 e. The van der Waals surface area contributed by atoms with E-state index in [1.807, 2.05) is 25.6 Å². The van der Waals surface area contributed by atoms with Gasteiger partial charge in [0.05, 0.1) is 11.3 Å². The number of aromatic nitrogens is 4. The molecule has 0 unspecified atom stereocenters. The van der Waals surface area contributed by atoms with Crippen LogP contribution in [0.1, 0.15) is 40.0 Å². The van der Waals surface area contributed by atoms with Gasteiger partial charge in [0.2, 0.25) is 0 Å². The maximum absolute atomic E-state index is 12.5. The first-order valence-corrected chi connectivity index (χ1v) is 11.2. The molecule has 3 heterocycles. The van der Waals surface area contributed by atoms with Crippen molar-refractivity contribution in [3.8, 4) is 11.4 Å². The Balaban J connectivity index is 1.31. The first-order valence-electron chi connectivity index (χ1n) is 11.2. The van der Waals surface area contributed by atoms with Crippen molar-refractivity contribution in [1.82, 2.24) is 29.5 Å². The van der Waals surface area contributed by atoms with Crippen molar-refractivity contribution < 1.29 is 4.79 Å². The van der Waals surface area contributed by atoms with Gasteiger partial charge in [0.25, 0.3) is 5.91 Å². The highest BCUT2D eigenvalue weighted by atomic mass is 16.2. The average Bonchev–Trinajstić information content (AvgIpc) is 3.15. The number of aryl methyl sites for hydroxylation is 2. The normalized spacial score (nSPS) is 15.1. The molecule has 168 valence electrons. The largest absolute Gasteiger partial charge is 0.345 e. The van der Waals surface area contributed by atoms with Crippen LogP contribution >= 0.6 is 0 Å². The summed E-state index contributed by atoms with van der Waals surface area (Å²) in [5.74, 6) is 1.35. The van der Waals surface area contributed by atoms with Crippen molar-refractivity contribution in [3.63, 3.8) is 0 Å². The zero-order chi connectivity index (χ0) is 22.7. The van der Waals surface area contributed by atoms with Gasteiger partial charge in [0.15, 0.2) is 5.82 Å². The van der Waals surface area contributed by atoms with E-state index in [-0.39, 0.29) is 5.91 Å². The molecule has 32 heavy (non-hydrogen) atoms. The number of hydrogen-bond donors (Lipinski definition) is 0. The zero-order valence-corrected chi connectivity index (χ0v) is 19.5. The third-order valence-corrected chi connectivity index (χ3v) is 6.15. The standard InChI is InChI=1S/C25H32N6O/c1-18-5-7-21(8-6-18)24-26-14-20(15-27-24)16-31-11-9-19(10-12-31)13-23-22(17-30(4)28-23)25(32)29(2)3/h5-8,14-15,17,19H,9-13,16H2,1-4H3. The van der Waals surface area contributed by atoms with Crippen LogP contribution in [-0.2, 0) is 20.0 Å². The second kappa shape index (κ2) is 9.61. The molecule has 2 aromatic heterocycles. The zero-order valence-electron chi connectivity index (χ0n) is 19.5. The molecule has 1 aliphatic rings. The second-order valence-corrected chi connectivity index (χ2v) is 9.07. The summed E-state index contributed by atoms with van der Waals surface area (Å²) in [6.07, 6.45) is 8.80. The number of carbonyl (C=O) groups excluding carboxylic acids is 1. The van der Waals surface area contributed by atoms with E-state index < -0.39 is 0 Å². The van der Waals surface area contributed by atoms with Crippen molar-refractivity contribution in [2.75, 3.05) is 27.2 Å². The molecule has 4 rings (SSSR count). The maximum atomic E-state index is 12.5. The summed E-state index contributed by atoms with van der Waals surface area (Å²) >= 11 is 0. The molecule has 1 aromatic carbocycles. The fraction of sp³-hybridized carbons (Fsp3) is 0.440. The summed E-state index contributed by atoms with van der Waals surface area (Å²) in [5.41, 5.74) is 5.07.